The van der Waals surface area contributed by atoms with Gasteiger partial charge in [0.05, 0.1) is 17.6 Å². The fraction of sp³-hybridized carbons (Fsp3) is 0.719. The molecule has 40 heavy (non-hydrogen) atoms. The van der Waals surface area contributed by atoms with Crippen molar-refractivity contribution in [2.75, 3.05) is 0 Å². The molecule has 13 atom stereocenters. The van der Waals surface area contributed by atoms with Crippen LogP contribution >= 0.6 is 0 Å². The number of hydrogen-bond donors (Lipinski definition) is 2. The fourth-order valence-corrected chi connectivity index (χ4v) is 10.6. The number of ether oxygens (including phenoxy) is 3. The van der Waals surface area contributed by atoms with Gasteiger partial charge in [0, 0.05) is 53.4 Å². The third kappa shape index (κ3) is 2.92. The largest absolute Gasteiger partial charge is 0.461 e. The number of carbonyl (C=O) groups excluding carboxylic acids is 3. The Morgan fingerprint density at radius 2 is 1.85 bits per heavy atom. The molecule has 7 rings (SSSR count). The summed E-state index contributed by atoms with van der Waals surface area (Å²) in [6.45, 7) is 13.7. The van der Waals surface area contributed by atoms with Gasteiger partial charge >= 0.3 is 17.9 Å². The Morgan fingerprint density at radius 3 is 2.55 bits per heavy atom. The minimum Gasteiger partial charge on any atom is -0.461 e. The smallest absolute Gasteiger partial charge is 0.334 e. The molecule has 5 aliphatic carbocycles. The first kappa shape index (κ1) is 26.4. The number of aliphatic hydroxyl groups excluding tert-OH is 2. The number of hydrogen-bond acceptors (Lipinski definition) is 8. The molecule has 0 aromatic heterocycles. The maximum Gasteiger partial charge on any atom is 0.334 e. The van der Waals surface area contributed by atoms with Crippen molar-refractivity contribution in [3.05, 3.63) is 34.9 Å². The van der Waals surface area contributed by atoms with Crippen molar-refractivity contribution in [1.29, 1.82) is 0 Å². The first-order valence-electron chi connectivity index (χ1n) is 14.8. The van der Waals surface area contributed by atoms with Crippen LogP contribution in [0.1, 0.15) is 66.7 Å². The number of esters is 3. The molecule has 0 amide bonds. The molecule has 5 fully saturated rings. The van der Waals surface area contributed by atoms with Crippen LogP contribution in [-0.2, 0) is 28.6 Å². The monoisotopic (exact) mass is 552 g/mol. The molecule has 0 radical (unpaired) electrons. The fourth-order valence-electron chi connectivity index (χ4n) is 10.6. The molecule has 0 aromatic rings. The molecule has 2 saturated heterocycles. The molecule has 1 unspecified atom stereocenters. The van der Waals surface area contributed by atoms with E-state index in [1.807, 2.05) is 13.8 Å². The van der Waals surface area contributed by atoms with Crippen LogP contribution in [0.4, 0.5) is 0 Å². The minimum atomic E-state index is -0.916. The molecular weight excluding hydrogens is 512 g/mol. The van der Waals surface area contributed by atoms with E-state index >= 15 is 0 Å². The van der Waals surface area contributed by atoms with E-state index in [0.717, 1.165) is 11.1 Å². The van der Waals surface area contributed by atoms with Crippen molar-refractivity contribution >= 4 is 17.9 Å². The summed E-state index contributed by atoms with van der Waals surface area (Å²) in [5.74, 6) is -1.87. The van der Waals surface area contributed by atoms with E-state index in [1.54, 1.807) is 0 Å². The van der Waals surface area contributed by atoms with Crippen LogP contribution in [0, 0.1) is 45.8 Å². The molecule has 2 bridgehead atoms. The van der Waals surface area contributed by atoms with E-state index in [0.29, 0.717) is 37.7 Å². The van der Waals surface area contributed by atoms with Crippen LogP contribution in [0.5, 0.6) is 0 Å². The Balaban J connectivity index is 1.39. The zero-order valence-electron chi connectivity index (χ0n) is 23.9. The van der Waals surface area contributed by atoms with Crippen molar-refractivity contribution in [2.45, 2.75) is 97.2 Å². The Labute approximate surface area is 234 Å². The van der Waals surface area contributed by atoms with Crippen LogP contribution in [0.25, 0.3) is 0 Å². The Hall–Kier alpha value is -2.45. The van der Waals surface area contributed by atoms with Gasteiger partial charge in [-0.3, -0.25) is 9.59 Å². The third-order valence-corrected chi connectivity index (χ3v) is 12.6. The highest BCUT2D eigenvalue weighted by molar-refractivity contribution is 5.91. The molecular formula is C32H40O8. The number of rotatable bonds is 1. The standard InChI is InChI=1S/C32H40O8/c1-13-7-23-18(14(2)28(36)39-23)8-20-16(4)26-27(38-17(5)33)31(13,20)12-32(26)21-9-19-15(3)22(34)10-25(35)30(19,6)11-24(21)40-29(32)37/h9,13,15,18,21-27,34-35H,2,7-8,10-12H2,1,3-6H3/t13-,15+,18+,21-,22-,23-,24+,25+,26-,27?,30+,31-,32-/m0/s1. The maximum atomic E-state index is 14.2. The lowest BCUT2D eigenvalue weighted by molar-refractivity contribution is -0.156. The van der Waals surface area contributed by atoms with E-state index in [4.69, 9.17) is 14.2 Å². The average Bonchev–Trinajstić information content (AvgIpc) is 3.45. The number of aliphatic hydroxyl groups is 2. The van der Waals surface area contributed by atoms with E-state index in [-0.39, 0.29) is 53.6 Å². The zero-order valence-corrected chi connectivity index (χ0v) is 23.9. The summed E-state index contributed by atoms with van der Waals surface area (Å²) in [4.78, 5) is 39.2. The first-order valence-corrected chi connectivity index (χ1v) is 14.8. The molecule has 7 aliphatic rings. The van der Waals surface area contributed by atoms with Crippen molar-refractivity contribution in [2.24, 2.45) is 45.8 Å². The maximum absolute atomic E-state index is 14.2. The van der Waals surface area contributed by atoms with Gasteiger partial charge in [-0.1, -0.05) is 50.1 Å². The van der Waals surface area contributed by atoms with Crippen molar-refractivity contribution in [1.82, 2.24) is 0 Å². The summed E-state index contributed by atoms with van der Waals surface area (Å²) in [6, 6.07) is 0. The molecule has 0 aromatic carbocycles. The van der Waals surface area contributed by atoms with Gasteiger partial charge in [0.15, 0.2) is 0 Å². The molecule has 2 spiro atoms. The van der Waals surface area contributed by atoms with Crippen LogP contribution in [-0.4, -0.2) is 58.6 Å². The Kier molecular flexibility index (Phi) is 5.35. The topological polar surface area (TPSA) is 119 Å². The van der Waals surface area contributed by atoms with Gasteiger partial charge in [0.1, 0.15) is 18.3 Å². The highest BCUT2D eigenvalue weighted by atomic mass is 16.6. The quantitative estimate of drug-likeness (QED) is 0.220. The van der Waals surface area contributed by atoms with Gasteiger partial charge in [-0.25, -0.2) is 4.79 Å². The SMILES string of the molecule is C=C1C(=O)O[C@H]2C[C@H](C)[C@@]34C[C@@]5(C(=O)O[C@@H]6C[C@]7(C)C(=C[C@@H]65)[C@@H](C)[C@@H](O)C[C@H]7O)[C@@H](C(C)=C3C[C@H]12)C4OC(C)=O. The molecule has 8 heteroatoms. The van der Waals surface area contributed by atoms with Crippen molar-refractivity contribution < 1.29 is 38.8 Å². The Morgan fingerprint density at radius 1 is 1.12 bits per heavy atom. The number of carbonyl (C=O) groups is 3. The molecule has 2 heterocycles. The average molecular weight is 553 g/mol. The second-order valence-electron chi connectivity index (χ2n) is 14.2. The zero-order chi connectivity index (χ0) is 28.7. The van der Waals surface area contributed by atoms with Gasteiger partial charge in [0.25, 0.3) is 0 Å². The molecule has 216 valence electrons. The summed E-state index contributed by atoms with van der Waals surface area (Å²) in [7, 11) is 0. The molecule has 8 nitrogen and oxygen atoms in total. The summed E-state index contributed by atoms with van der Waals surface area (Å²) < 4.78 is 18.2. The number of fused-ring (bicyclic) bond motifs is 6. The predicted octanol–water partition coefficient (Wildman–Crippen LogP) is 3.41. The third-order valence-electron chi connectivity index (χ3n) is 12.6. The predicted molar refractivity (Wildman–Crippen MR) is 142 cm³/mol. The molecule has 2 N–H and O–H groups in total. The van der Waals surface area contributed by atoms with E-state index in [2.05, 4.69) is 26.5 Å². The first-order chi connectivity index (χ1) is 18.8. The van der Waals surface area contributed by atoms with Crippen LogP contribution in [0.3, 0.4) is 0 Å². The van der Waals surface area contributed by atoms with E-state index in [1.165, 1.54) is 12.5 Å². The summed E-state index contributed by atoms with van der Waals surface area (Å²) in [5, 5.41) is 21.8. The van der Waals surface area contributed by atoms with E-state index < -0.39 is 40.7 Å². The van der Waals surface area contributed by atoms with E-state index in [9.17, 15) is 24.6 Å². The van der Waals surface area contributed by atoms with Crippen LogP contribution in [0.2, 0.25) is 0 Å². The van der Waals surface area contributed by atoms with Crippen LogP contribution < -0.4 is 0 Å². The van der Waals surface area contributed by atoms with Crippen LogP contribution in [0.15, 0.2) is 34.9 Å². The minimum absolute atomic E-state index is 0.0227. The van der Waals surface area contributed by atoms with Crippen molar-refractivity contribution in [3.8, 4) is 0 Å². The van der Waals surface area contributed by atoms with Gasteiger partial charge in [-0.2, -0.15) is 0 Å². The lowest BCUT2D eigenvalue weighted by atomic mass is 9.52. The lowest BCUT2D eigenvalue weighted by Gasteiger charge is -2.51. The van der Waals surface area contributed by atoms with Gasteiger partial charge in [-0.05, 0) is 38.5 Å². The summed E-state index contributed by atoms with van der Waals surface area (Å²) >= 11 is 0. The van der Waals surface area contributed by atoms with Gasteiger partial charge in [-0.15, -0.1) is 0 Å². The van der Waals surface area contributed by atoms with Crippen molar-refractivity contribution in [3.63, 3.8) is 0 Å². The van der Waals surface area contributed by atoms with Gasteiger partial charge in [0.2, 0.25) is 0 Å². The summed E-state index contributed by atoms with van der Waals surface area (Å²) in [5.41, 5.74) is 1.65. The normalized spacial score (nSPS) is 52.4. The second-order valence-corrected chi connectivity index (χ2v) is 14.2. The molecule has 2 aliphatic heterocycles. The Bertz CT molecular complexity index is 1310. The highest BCUT2D eigenvalue weighted by Crippen LogP contribution is 2.76. The summed E-state index contributed by atoms with van der Waals surface area (Å²) in [6.07, 6.45) is 2.07. The lowest BCUT2D eigenvalue weighted by Crippen LogP contribution is -2.52. The second kappa shape index (κ2) is 8.09. The van der Waals surface area contributed by atoms with Gasteiger partial charge < -0.3 is 24.4 Å². The molecule has 3 saturated carbocycles. The highest BCUT2D eigenvalue weighted by Gasteiger charge is 2.79.